The van der Waals surface area contributed by atoms with Crippen LogP contribution < -0.4 is 15.4 Å². The number of aromatic nitrogens is 2. The molecule has 1 aliphatic carbocycles. The highest BCUT2D eigenvalue weighted by atomic mass is 16.5. The van der Waals surface area contributed by atoms with Crippen LogP contribution in [0.5, 0.6) is 5.88 Å². The molecular weight excluding hydrogens is 354 g/mol. The molecule has 2 N–H and O–H groups in total. The first-order valence-corrected chi connectivity index (χ1v) is 9.96. The number of oxazole rings is 1. The lowest BCUT2D eigenvalue weighted by Gasteiger charge is -2.16. The molecule has 1 fully saturated rings. The molecule has 1 aliphatic rings. The lowest BCUT2D eigenvalue weighted by atomic mass is 9.94. The third kappa shape index (κ3) is 5.47. The molecule has 0 aliphatic heterocycles. The minimum Gasteiger partial charge on any atom is -0.474 e. The molecule has 2 aromatic heterocycles. The maximum Gasteiger partial charge on any atom is 0.218 e. The van der Waals surface area contributed by atoms with Gasteiger partial charge in [0.05, 0.1) is 12.7 Å². The van der Waals surface area contributed by atoms with Crippen LogP contribution in [0.4, 0.5) is 0 Å². The van der Waals surface area contributed by atoms with Crippen molar-refractivity contribution >= 4 is 5.96 Å². The van der Waals surface area contributed by atoms with E-state index in [2.05, 4.69) is 46.4 Å². The van der Waals surface area contributed by atoms with Gasteiger partial charge >= 0.3 is 0 Å². The summed E-state index contributed by atoms with van der Waals surface area (Å²) in [6.45, 7) is 7.35. The Balaban J connectivity index is 1.53. The molecule has 0 bridgehead atoms. The number of nitrogens with zero attached hydrogens (tertiary/aromatic N) is 3. The first-order valence-electron chi connectivity index (χ1n) is 9.96. The minimum atomic E-state index is -0.0544. The minimum absolute atomic E-state index is 0.0544. The summed E-state index contributed by atoms with van der Waals surface area (Å²) >= 11 is 0. The molecule has 2 heterocycles. The van der Waals surface area contributed by atoms with E-state index >= 15 is 0 Å². The highest BCUT2D eigenvalue weighted by molar-refractivity contribution is 5.79. The number of pyridine rings is 1. The van der Waals surface area contributed by atoms with Crippen molar-refractivity contribution in [1.29, 1.82) is 0 Å². The van der Waals surface area contributed by atoms with Gasteiger partial charge in [-0.3, -0.25) is 4.99 Å². The summed E-state index contributed by atoms with van der Waals surface area (Å²) in [6, 6.07) is 3.96. The second kappa shape index (κ2) is 9.08. The Labute approximate surface area is 167 Å². The molecule has 3 rings (SSSR count). The number of hydrogen-bond donors (Lipinski definition) is 2. The second-order valence-corrected chi connectivity index (χ2v) is 8.14. The Hall–Kier alpha value is -2.57. The summed E-state index contributed by atoms with van der Waals surface area (Å²) in [5.74, 6) is 2.89. The van der Waals surface area contributed by atoms with Gasteiger partial charge in [-0.25, -0.2) is 9.97 Å². The topological polar surface area (TPSA) is 84.6 Å². The maximum atomic E-state index is 6.10. The van der Waals surface area contributed by atoms with Gasteiger partial charge in [-0.05, 0) is 31.7 Å². The summed E-state index contributed by atoms with van der Waals surface area (Å²) in [6.07, 6.45) is 8.54. The van der Waals surface area contributed by atoms with Crippen LogP contribution in [0, 0.1) is 0 Å². The summed E-state index contributed by atoms with van der Waals surface area (Å²) in [5.41, 5.74) is 0.963. The van der Waals surface area contributed by atoms with Gasteiger partial charge in [-0.2, -0.15) is 0 Å². The zero-order valence-corrected chi connectivity index (χ0v) is 17.3. The average Bonchev–Trinajstić information content (AvgIpc) is 3.34. The predicted octanol–water partition coefficient (Wildman–Crippen LogP) is 3.55. The monoisotopic (exact) mass is 385 g/mol. The van der Waals surface area contributed by atoms with Crippen LogP contribution >= 0.6 is 0 Å². The summed E-state index contributed by atoms with van der Waals surface area (Å²) < 4.78 is 11.9. The van der Waals surface area contributed by atoms with Crippen LogP contribution in [0.1, 0.15) is 63.7 Å². The van der Waals surface area contributed by atoms with Crippen molar-refractivity contribution < 1.29 is 9.15 Å². The summed E-state index contributed by atoms with van der Waals surface area (Å²) in [7, 11) is 1.74. The van der Waals surface area contributed by atoms with Gasteiger partial charge in [0, 0.05) is 30.8 Å². The van der Waals surface area contributed by atoms with E-state index in [0.29, 0.717) is 30.8 Å². The summed E-state index contributed by atoms with van der Waals surface area (Å²) in [4.78, 5) is 13.0. The molecule has 7 nitrogen and oxygen atoms in total. The molecule has 0 saturated heterocycles. The Bertz CT molecular complexity index is 788. The average molecular weight is 386 g/mol. The van der Waals surface area contributed by atoms with E-state index in [1.165, 1.54) is 12.8 Å². The van der Waals surface area contributed by atoms with Gasteiger partial charge in [0.1, 0.15) is 11.9 Å². The molecule has 7 heteroatoms. The van der Waals surface area contributed by atoms with E-state index in [0.717, 1.165) is 24.2 Å². The molecule has 28 heavy (non-hydrogen) atoms. The lowest BCUT2D eigenvalue weighted by molar-refractivity contribution is 0.199. The van der Waals surface area contributed by atoms with Crippen molar-refractivity contribution in [2.24, 2.45) is 4.99 Å². The highest BCUT2D eigenvalue weighted by Crippen LogP contribution is 2.25. The van der Waals surface area contributed by atoms with E-state index in [4.69, 9.17) is 9.15 Å². The van der Waals surface area contributed by atoms with Gasteiger partial charge < -0.3 is 19.8 Å². The predicted molar refractivity (Wildman–Crippen MR) is 109 cm³/mol. The molecule has 0 radical (unpaired) electrons. The Morgan fingerprint density at radius 2 is 1.96 bits per heavy atom. The van der Waals surface area contributed by atoms with Crippen molar-refractivity contribution in [3.05, 3.63) is 41.7 Å². The van der Waals surface area contributed by atoms with Crippen LogP contribution in [0.3, 0.4) is 0 Å². The standard InChI is InChI=1S/C21H31N5O2/c1-21(2,3)17-13-24-18(28-17)14-26-20(22-4)25-12-15-8-7-11-23-19(15)27-16-9-5-6-10-16/h7-8,11,13,16H,5-6,9-10,12,14H2,1-4H3,(H2,22,25,26). The van der Waals surface area contributed by atoms with Crippen molar-refractivity contribution in [2.75, 3.05) is 7.05 Å². The van der Waals surface area contributed by atoms with Crippen LogP contribution in [0.2, 0.25) is 0 Å². The van der Waals surface area contributed by atoms with E-state index in [9.17, 15) is 0 Å². The third-order valence-electron chi connectivity index (χ3n) is 4.80. The van der Waals surface area contributed by atoms with Crippen LogP contribution in [-0.4, -0.2) is 29.1 Å². The van der Waals surface area contributed by atoms with Crippen molar-refractivity contribution in [2.45, 2.75) is 71.1 Å². The SMILES string of the molecule is CN=C(NCc1ncc(C(C)(C)C)o1)NCc1cccnc1OC1CCCC1. The fourth-order valence-corrected chi connectivity index (χ4v) is 3.13. The second-order valence-electron chi connectivity index (χ2n) is 8.14. The molecule has 0 unspecified atom stereocenters. The smallest absolute Gasteiger partial charge is 0.218 e. The van der Waals surface area contributed by atoms with E-state index < -0.39 is 0 Å². The van der Waals surface area contributed by atoms with Gasteiger partial charge in [0.25, 0.3) is 0 Å². The molecular formula is C21H31N5O2. The fourth-order valence-electron chi connectivity index (χ4n) is 3.13. The van der Waals surface area contributed by atoms with E-state index in [-0.39, 0.29) is 11.5 Å². The Morgan fingerprint density at radius 1 is 1.21 bits per heavy atom. The molecule has 0 aromatic carbocycles. The van der Waals surface area contributed by atoms with Gasteiger partial charge in [0.15, 0.2) is 5.96 Å². The largest absolute Gasteiger partial charge is 0.474 e. The van der Waals surface area contributed by atoms with Crippen molar-refractivity contribution in [3.8, 4) is 5.88 Å². The number of guanidine groups is 1. The van der Waals surface area contributed by atoms with Crippen LogP contribution in [0.15, 0.2) is 33.9 Å². The number of hydrogen-bond acceptors (Lipinski definition) is 5. The van der Waals surface area contributed by atoms with E-state index in [1.54, 1.807) is 19.4 Å². The normalized spacial score (nSPS) is 15.6. The molecule has 0 atom stereocenters. The van der Waals surface area contributed by atoms with Crippen molar-refractivity contribution in [3.63, 3.8) is 0 Å². The molecule has 0 amide bonds. The maximum absolute atomic E-state index is 6.10. The summed E-state index contributed by atoms with van der Waals surface area (Å²) in [5, 5.41) is 6.54. The number of rotatable bonds is 6. The number of aliphatic imine (C=N–C) groups is 1. The van der Waals surface area contributed by atoms with E-state index in [1.807, 2.05) is 12.1 Å². The van der Waals surface area contributed by atoms with Crippen LogP contribution in [-0.2, 0) is 18.5 Å². The van der Waals surface area contributed by atoms with Crippen LogP contribution in [0.25, 0.3) is 0 Å². The zero-order chi connectivity index (χ0) is 20.0. The van der Waals surface area contributed by atoms with Gasteiger partial charge in [-0.15, -0.1) is 0 Å². The zero-order valence-electron chi connectivity index (χ0n) is 17.3. The highest BCUT2D eigenvalue weighted by Gasteiger charge is 2.20. The van der Waals surface area contributed by atoms with Gasteiger partial charge in [-0.1, -0.05) is 26.8 Å². The van der Waals surface area contributed by atoms with Crippen molar-refractivity contribution in [1.82, 2.24) is 20.6 Å². The molecule has 0 spiro atoms. The third-order valence-corrected chi connectivity index (χ3v) is 4.80. The Kier molecular flexibility index (Phi) is 6.54. The quantitative estimate of drug-likeness (QED) is 0.584. The van der Waals surface area contributed by atoms with Gasteiger partial charge in [0.2, 0.25) is 11.8 Å². The Morgan fingerprint density at radius 3 is 2.64 bits per heavy atom. The molecule has 152 valence electrons. The first-order chi connectivity index (χ1) is 13.5. The fraction of sp³-hybridized carbons (Fsp3) is 0.571. The lowest BCUT2D eigenvalue weighted by Crippen LogP contribution is -2.36. The number of nitrogens with one attached hydrogen (secondary N) is 2. The number of ether oxygens (including phenoxy) is 1. The first kappa shape index (κ1) is 20.2. The molecule has 1 saturated carbocycles. The molecule has 2 aromatic rings.